The summed E-state index contributed by atoms with van der Waals surface area (Å²) in [4.78, 5) is 19.7. The molecule has 4 aromatic rings. The highest BCUT2D eigenvalue weighted by Gasteiger charge is 2.48. The molecule has 6 rings (SSSR count). The first kappa shape index (κ1) is 30.7. The molecule has 3 heterocycles. The Morgan fingerprint density at radius 2 is 1.93 bits per heavy atom. The summed E-state index contributed by atoms with van der Waals surface area (Å²) in [5.74, 6) is -1.31. The van der Waals surface area contributed by atoms with Crippen LogP contribution in [0.15, 0.2) is 75.7 Å². The Kier molecular flexibility index (Phi) is 7.65. The zero-order valence-electron chi connectivity index (χ0n) is 25.0. The van der Waals surface area contributed by atoms with Crippen LogP contribution < -0.4 is 15.0 Å². The number of carbonyl (C=O) groups excluding carboxylic acids is 1. The number of aromatic nitrogens is 1. The molecular weight excluding hydrogens is 621 g/mol. The van der Waals surface area contributed by atoms with Crippen LogP contribution in [0.2, 0.25) is 5.02 Å². The number of rotatable bonds is 5. The number of phenols is 1. The molecule has 0 saturated carbocycles. The van der Waals surface area contributed by atoms with E-state index in [0.29, 0.717) is 5.02 Å². The molecule has 0 radical (unpaired) electrons. The number of fused-ring (bicyclic) bond motifs is 1. The molecule has 2 N–H and O–H groups in total. The van der Waals surface area contributed by atoms with Gasteiger partial charge in [-0.05, 0) is 60.7 Å². The monoisotopic (exact) mass is 651 g/mol. The van der Waals surface area contributed by atoms with Crippen molar-refractivity contribution in [2.45, 2.75) is 46.8 Å². The predicted octanol–water partition coefficient (Wildman–Crippen LogP) is 7.24. The zero-order chi connectivity index (χ0) is 32.3. The molecule has 1 unspecified atom stereocenters. The maximum absolute atomic E-state index is 16.3. The Hall–Kier alpha value is -4.35. The van der Waals surface area contributed by atoms with Crippen LogP contribution in [0, 0.1) is 25.1 Å². The highest BCUT2D eigenvalue weighted by atomic mass is 35.5. The van der Waals surface area contributed by atoms with Gasteiger partial charge in [-0.15, -0.1) is 0 Å². The van der Waals surface area contributed by atoms with Crippen molar-refractivity contribution in [3.05, 3.63) is 111 Å². The van der Waals surface area contributed by atoms with Crippen LogP contribution in [0.25, 0.3) is 0 Å². The number of para-hydroxylation sites is 1. The molecule has 12 heteroatoms. The van der Waals surface area contributed by atoms with E-state index in [1.54, 1.807) is 38.1 Å². The number of hydrogen-bond acceptors (Lipinski definition) is 8. The van der Waals surface area contributed by atoms with E-state index in [2.05, 4.69) is 10.3 Å². The molecule has 1 amide bonds. The molecule has 1 atom stereocenters. The number of nitrogens with zero attached hydrogens (tertiary/aromatic N) is 2. The number of ether oxygens (including phenoxy) is 1. The summed E-state index contributed by atoms with van der Waals surface area (Å²) in [6.07, 6.45) is 0.262. The zero-order valence-corrected chi connectivity index (χ0v) is 26.6. The van der Waals surface area contributed by atoms with Crippen LogP contribution in [0.3, 0.4) is 0 Å². The summed E-state index contributed by atoms with van der Waals surface area (Å²) >= 11 is 6.08. The lowest BCUT2D eigenvalue weighted by molar-refractivity contribution is 0.0974. The number of hydrogen-bond donors (Lipinski definition) is 2. The standard InChI is InChI=1S/C33H31ClFN3O6S/c1-18-28(36-19(2)44-18)32(40)38-26-9-6-10-27(39)29(26)37-25-15-33(3,4)17-45(41,42)31(25)30(38)23-12-11-22(14-24(23)35)43-16-20-7-5-8-21(34)13-20/h5-14,30,37,39H,15-17H2,1-4H3. The first-order valence-electron chi connectivity index (χ1n) is 14.2. The Balaban J connectivity index is 1.55. The number of oxazole rings is 1. The number of halogens is 2. The van der Waals surface area contributed by atoms with Gasteiger partial charge in [0.05, 0.1) is 16.3 Å². The van der Waals surface area contributed by atoms with Crippen molar-refractivity contribution in [3.8, 4) is 11.5 Å². The molecule has 0 aliphatic carbocycles. The van der Waals surface area contributed by atoms with Crippen LogP contribution in [0.1, 0.15) is 59.6 Å². The fraction of sp³-hybridized carbons (Fsp3) is 0.273. The van der Waals surface area contributed by atoms with Crippen molar-refractivity contribution in [3.63, 3.8) is 0 Å². The van der Waals surface area contributed by atoms with Crippen molar-refractivity contribution in [1.29, 1.82) is 0 Å². The summed E-state index contributed by atoms with van der Waals surface area (Å²) in [6.45, 7) is 6.91. The minimum absolute atomic E-state index is 0.0636. The van der Waals surface area contributed by atoms with E-state index in [-0.39, 0.29) is 75.2 Å². The number of aryl methyl sites for hydroxylation is 2. The molecular formula is C33H31ClFN3O6S. The number of phenolic OH excluding ortho intramolecular Hbond substituents is 1. The fourth-order valence-corrected chi connectivity index (χ4v) is 8.63. The minimum Gasteiger partial charge on any atom is -0.506 e. The fourth-order valence-electron chi connectivity index (χ4n) is 6.06. The third kappa shape index (κ3) is 5.78. The van der Waals surface area contributed by atoms with Crippen LogP contribution in [-0.2, 0) is 16.4 Å². The van der Waals surface area contributed by atoms with Crippen molar-refractivity contribution in [2.75, 3.05) is 16.0 Å². The SMILES string of the molecule is Cc1nc(C(=O)N2c3cccc(O)c3NC3=C(C2c2ccc(OCc4cccc(Cl)c4)cc2F)S(=O)(=O)CC(C)(C)C3)c(C)o1. The van der Waals surface area contributed by atoms with Gasteiger partial charge in [0.1, 0.15) is 41.4 Å². The van der Waals surface area contributed by atoms with Gasteiger partial charge < -0.3 is 19.6 Å². The van der Waals surface area contributed by atoms with Crippen LogP contribution >= 0.6 is 11.6 Å². The number of aromatic hydroxyl groups is 1. The van der Waals surface area contributed by atoms with Gasteiger partial charge in [-0.1, -0.05) is 43.6 Å². The van der Waals surface area contributed by atoms with Crippen LogP contribution in [0.5, 0.6) is 11.5 Å². The average Bonchev–Trinajstić information content (AvgIpc) is 3.20. The summed E-state index contributed by atoms with van der Waals surface area (Å²) < 4.78 is 56.0. The highest BCUT2D eigenvalue weighted by molar-refractivity contribution is 7.95. The Labute approximate surface area is 265 Å². The van der Waals surface area contributed by atoms with Crippen LogP contribution in [-0.4, -0.2) is 30.2 Å². The Morgan fingerprint density at radius 3 is 2.62 bits per heavy atom. The third-order valence-corrected chi connectivity index (χ3v) is 10.4. The quantitative estimate of drug-likeness (QED) is 0.217. The molecule has 0 saturated heterocycles. The molecule has 1 aromatic heterocycles. The summed E-state index contributed by atoms with van der Waals surface area (Å²) in [5, 5.41) is 14.6. The largest absolute Gasteiger partial charge is 0.506 e. The smallest absolute Gasteiger partial charge is 0.281 e. The van der Waals surface area contributed by atoms with E-state index >= 15 is 4.39 Å². The molecule has 45 heavy (non-hydrogen) atoms. The van der Waals surface area contributed by atoms with Gasteiger partial charge in [-0.3, -0.25) is 9.69 Å². The van der Waals surface area contributed by atoms with E-state index in [4.69, 9.17) is 20.8 Å². The second kappa shape index (κ2) is 11.2. The van der Waals surface area contributed by atoms with E-state index in [9.17, 15) is 18.3 Å². The van der Waals surface area contributed by atoms with E-state index in [0.717, 1.165) is 11.6 Å². The number of amides is 1. The maximum atomic E-state index is 16.3. The Bertz CT molecular complexity index is 1990. The lowest BCUT2D eigenvalue weighted by atomic mass is 9.88. The van der Waals surface area contributed by atoms with E-state index in [1.165, 1.54) is 29.2 Å². The number of nitrogens with one attached hydrogen (secondary N) is 1. The maximum Gasteiger partial charge on any atom is 0.281 e. The lowest BCUT2D eigenvalue weighted by Gasteiger charge is -2.37. The molecule has 9 nitrogen and oxygen atoms in total. The van der Waals surface area contributed by atoms with E-state index in [1.807, 2.05) is 19.9 Å². The van der Waals surface area contributed by atoms with Gasteiger partial charge >= 0.3 is 0 Å². The van der Waals surface area contributed by atoms with Gasteiger partial charge in [0.25, 0.3) is 5.91 Å². The molecule has 0 spiro atoms. The summed E-state index contributed by atoms with van der Waals surface area (Å²) in [6, 6.07) is 14.2. The molecule has 234 valence electrons. The second-order valence-corrected chi connectivity index (χ2v) is 14.5. The topological polar surface area (TPSA) is 122 Å². The van der Waals surface area contributed by atoms with Gasteiger partial charge in [0.2, 0.25) is 0 Å². The first-order chi connectivity index (χ1) is 21.2. The number of carbonyl (C=O) groups is 1. The van der Waals surface area contributed by atoms with Gasteiger partial charge in [0, 0.05) is 29.3 Å². The Morgan fingerprint density at radius 1 is 1.18 bits per heavy atom. The molecule has 0 fully saturated rings. The summed E-state index contributed by atoms with van der Waals surface area (Å²) in [7, 11) is -4.09. The second-order valence-electron chi connectivity index (χ2n) is 12.1. The molecule has 2 aliphatic heterocycles. The van der Waals surface area contributed by atoms with Gasteiger partial charge in [-0.25, -0.2) is 17.8 Å². The number of anilines is 2. The molecule has 3 aromatic carbocycles. The highest BCUT2D eigenvalue weighted by Crippen LogP contribution is 2.52. The summed E-state index contributed by atoms with van der Waals surface area (Å²) in [5.41, 5.74) is 0.482. The minimum atomic E-state index is -4.09. The van der Waals surface area contributed by atoms with Crippen LogP contribution in [0.4, 0.5) is 15.8 Å². The van der Waals surface area contributed by atoms with Crippen molar-refractivity contribution < 1.29 is 31.9 Å². The van der Waals surface area contributed by atoms with Gasteiger partial charge in [-0.2, -0.15) is 0 Å². The van der Waals surface area contributed by atoms with Crippen molar-refractivity contribution in [1.82, 2.24) is 4.98 Å². The first-order valence-corrected chi connectivity index (χ1v) is 16.3. The molecule has 0 bridgehead atoms. The molecule has 2 aliphatic rings. The number of allylic oxidation sites excluding steroid dienone is 1. The third-order valence-electron chi connectivity index (χ3n) is 7.82. The van der Waals surface area contributed by atoms with Gasteiger partial charge in [0.15, 0.2) is 21.4 Å². The van der Waals surface area contributed by atoms with E-state index < -0.39 is 33.0 Å². The predicted molar refractivity (Wildman–Crippen MR) is 169 cm³/mol. The average molecular weight is 652 g/mol. The number of sulfone groups is 1. The lowest BCUT2D eigenvalue weighted by Crippen LogP contribution is -2.41. The van der Waals surface area contributed by atoms with Crippen molar-refractivity contribution in [2.24, 2.45) is 5.41 Å². The number of benzene rings is 3. The van der Waals surface area contributed by atoms with Crippen molar-refractivity contribution >= 4 is 38.7 Å². The normalized spacial score (nSPS) is 18.4.